The zero-order valence-electron chi connectivity index (χ0n) is 14.9. The Morgan fingerprint density at radius 2 is 1.00 bits per heavy atom. The highest BCUT2D eigenvalue weighted by molar-refractivity contribution is 5.71. The number of aromatic nitrogens is 1. The first-order chi connectivity index (χ1) is 12.8. The Labute approximate surface area is 154 Å². The van der Waals surface area contributed by atoms with Crippen molar-refractivity contribution in [3.63, 3.8) is 0 Å². The van der Waals surface area contributed by atoms with Crippen molar-refractivity contribution in [2.45, 2.75) is 0 Å². The first-order valence-corrected chi connectivity index (χ1v) is 8.38. The topological polar surface area (TPSA) is 31.4 Å². The van der Waals surface area contributed by atoms with Crippen molar-refractivity contribution in [1.82, 2.24) is 4.98 Å². The summed E-state index contributed by atoms with van der Waals surface area (Å²) in [4.78, 5) is 4.65. The summed E-state index contributed by atoms with van der Waals surface area (Å²) in [5.41, 5.74) is 4.04. The molecule has 0 aliphatic rings. The number of benzene rings is 2. The van der Waals surface area contributed by atoms with Gasteiger partial charge in [-0.3, -0.25) is 0 Å². The summed E-state index contributed by atoms with van der Waals surface area (Å²) in [5.74, 6) is 1.71. The molecule has 0 atom stereocenters. The van der Waals surface area contributed by atoms with Gasteiger partial charge in [-0.1, -0.05) is 42.5 Å². The van der Waals surface area contributed by atoms with Crippen LogP contribution in [0, 0.1) is 0 Å². The van der Waals surface area contributed by atoms with Crippen LogP contribution in [0.2, 0.25) is 0 Å². The average molecular weight is 343 g/mol. The average Bonchev–Trinajstić information content (AvgIpc) is 2.72. The molecule has 26 heavy (non-hydrogen) atoms. The molecule has 3 aromatic rings. The van der Waals surface area contributed by atoms with Crippen LogP contribution in [0.4, 0.5) is 0 Å². The van der Waals surface area contributed by atoms with E-state index in [9.17, 15) is 0 Å². The zero-order chi connectivity index (χ0) is 18.2. The van der Waals surface area contributed by atoms with E-state index in [1.165, 1.54) is 0 Å². The van der Waals surface area contributed by atoms with Crippen LogP contribution in [-0.4, -0.2) is 19.2 Å². The van der Waals surface area contributed by atoms with Crippen LogP contribution in [0.3, 0.4) is 0 Å². The number of hydrogen-bond acceptors (Lipinski definition) is 3. The molecular formula is C23H21NO2. The van der Waals surface area contributed by atoms with Crippen molar-refractivity contribution < 1.29 is 9.47 Å². The van der Waals surface area contributed by atoms with Gasteiger partial charge in [-0.15, -0.1) is 0 Å². The minimum Gasteiger partial charge on any atom is -0.497 e. The summed E-state index contributed by atoms with van der Waals surface area (Å²) in [7, 11) is 3.33. The van der Waals surface area contributed by atoms with Gasteiger partial charge in [0, 0.05) is 0 Å². The SMILES string of the molecule is COc1ccc(/C=C/c2cccc(/C=C/c3ccc(OC)cc3)n2)cc1. The molecule has 2 aromatic carbocycles. The van der Waals surface area contributed by atoms with Gasteiger partial charge in [0.05, 0.1) is 25.6 Å². The molecule has 0 N–H and O–H groups in total. The molecule has 0 radical (unpaired) electrons. The van der Waals surface area contributed by atoms with Crippen LogP contribution in [0.5, 0.6) is 11.5 Å². The van der Waals surface area contributed by atoms with Crippen LogP contribution in [0.15, 0.2) is 66.7 Å². The van der Waals surface area contributed by atoms with E-state index in [0.717, 1.165) is 34.0 Å². The molecule has 0 aliphatic carbocycles. The Kier molecular flexibility index (Phi) is 5.84. The largest absolute Gasteiger partial charge is 0.497 e. The fraction of sp³-hybridized carbons (Fsp3) is 0.0870. The molecule has 0 fully saturated rings. The number of nitrogens with zero attached hydrogens (tertiary/aromatic N) is 1. The van der Waals surface area contributed by atoms with E-state index in [0.29, 0.717) is 0 Å². The number of rotatable bonds is 6. The molecule has 3 heteroatoms. The van der Waals surface area contributed by atoms with Gasteiger partial charge in [-0.2, -0.15) is 0 Å². The second-order valence-corrected chi connectivity index (χ2v) is 5.70. The fourth-order valence-corrected chi connectivity index (χ4v) is 2.45. The number of pyridine rings is 1. The quantitative estimate of drug-likeness (QED) is 0.597. The normalized spacial score (nSPS) is 11.2. The Balaban J connectivity index is 1.70. The van der Waals surface area contributed by atoms with Gasteiger partial charge in [-0.05, 0) is 59.7 Å². The van der Waals surface area contributed by atoms with Crippen LogP contribution >= 0.6 is 0 Å². The molecule has 0 bridgehead atoms. The fourth-order valence-electron chi connectivity index (χ4n) is 2.45. The minimum atomic E-state index is 0.853. The molecular weight excluding hydrogens is 322 g/mol. The van der Waals surface area contributed by atoms with Gasteiger partial charge < -0.3 is 9.47 Å². The first-order valence-electron chi connectivity index (χ1n) is 8.38. The predicted octanol–water partition coefficient (Wildman–Crippen LogP) is 5.44. The summed E-state index contributed by atoms with van der Waals surface area (Å²) in [6, 6.07) is 21.8. The van der Waals surface area contributed by atoms with Crippen molar-refractivity contribution in [1.29, 1.82) is 0 Å². The molecule has 3 nitrogen and oxygen atoms in total. The Morgan fingerprint density at radius 1 is 0.577 bits per heavy atom. The summed E-state index contributed by atoms with van der Waals surface area (Å²) in [5, 5.41) is 0. The molecule has 3 rings (SSSR count). The number of methoxy groups -OCH3 is 2. The lowest BCUT2D eigenvalue weighted by molar-refractivity contribution is 0.414. The van der Waals surface area contributed by atoms with E-state index in [-0.39, 0.29) is 0 Å². The zero-order valence-corrected chi connectivity index (χ0v) is 14.9. The lowest BCUT2D eigenvalue weighted by Gasteiger charge is -2.00. The lowest BCUT2D eigenvalue weighted by atomic mass is 10.1. The number of ether oxygens (including phenoxy) is 2. The Hall–Kier alpha value is -3.33. The Bertz CT molecular complexity index is 822. The third-order valence-electron chi connectivity index (χ3n) is 3.92. The maximum absolute atomic E-state index is 5.17. The minimum absolute atomic E-state index is 0.853. The van der Waals surface area contributed by atoms with Crippen molar-refractivity contribution in [2.24, 2.45) is 0 Å². The van der Waals surface area contributed by atoms with Crippen LogP contribution in [0.25, 0.3) is 24.3 Å². The van der Waals surface area contributed by atoms with E-state index >= 15 is 0 Å². The van der Waals surface area contributed by atoms with E-state index in [1.54, 1.807) is 14.2 Å². The van der Waals surface area contributed by atoms with Gasteiger partial charge in [-0.25, -0.2) is 4.98 Å². The maximum atomic E-state index is 5.17. The highest BCUT2D eigenvalue weighted by atomic mass is 16.5. The highest BCUT2D eigenvalue weighted by Gasteiger charge is 1.95. The third-order valence-corrected chi connectivity index (χ3v) is 3.92. The molecule has 1 heterocycles. The van der Waals surface area contributed by atoms with Crippen LogP contribution in [-0.2, 0) is 0 Å². The van der Waals surface area contributed by atoms with E-state index in [2.05, 4.69) is 4.98 Å². The van der Waals surface area contributed by atoms with Gasteiger partial charge in [0.15, 0.2) is 0 Å². The molecule has 0 saturated carbocycles. The maximum Gasteiger partial charge on any atom is 0.118 e. The molecule has 0 unspecified atom stereocenters. The monoisotopic (exact) mass is 343 g/mol. The second kappa shape index (κ2) is 8.67. The standard InChI is InChI=1S/C23H21NO2/c1-25-22-14-8-18(9-15-22)6-12-20-4-3-5-21(24-20)13-7-19-10-16-23(26-2)17-11-19/h3-17H,1-2H3/b12-6+,13-7+. The summed E-state index contributed by atoms with van der Waals surface area (Å²) in [6.45, 7) is 0. The van der Waals surface area contributed by atoms with E-state index < -0.39 is 0 Å². The van der Waals surface area contributed by atoms with Crippen LogP contribution in [0.1, 0.15) is 22.5 Å². The van der Waals surface area contributed by atoms with Crippen molar-refractivity contribution in [3.05, 3.63) is 89.2 Å². The summed E-state index contributed by atoms with van der Waals surface area (Å²) < 4.78 is 10.3. The molecule has 0 amide bonds. The lowest BCUT2D eigenvalue weighted by Crippen LogP contribution is -1.85. The predicted molar refractivity (Wildman–Crippen MR) is 108 cm³/mol. The molecule has 0 aliphatic heterocycles. The van der Waals surface area contributed by atoms with E-state index in [4.69, 9.17) is 9.47 Å². The summed E-state index contributed by atoms with van der Waals surface area (Å²) in [6.07, 6.45) is 8.09. The molecule has 0 saturated heterocycles. The van der Waals surface area contributed by atoms with Gasteiger partial charge in [0.2, 0.25) is 0 Å². The van der Waals surface area contributed by atoms with Crippen molar-refractivity contribution >= 4 is 24.3 Å². The van der Waals surface area contributed by atoms with Gasteiger partial charge in [0.1, 0.15) is 11.5 Å². The summed E-state index contributed by atoms with van der Waals surface area (Å²) >= 11 is 0. The first kappa shape index (κ1) is 17.5. The van der Waals surface area contributed by atoms with Gasteiger partial charge >= 0.3 is 0 Å². The second-order valence-electron chi connectivity index (χ2n) is 5.70. The van der Waals surface area contributed by atoms with Crippen LogP contribution < -0.4 is 9.47 Å². The Morgan fingerprint density at radius 3 is 1.38 bits per heavy atom. The van der Waals surface area contributed by atoms with E-state index in [1.807, 2.05) is 91.0 Å². The van der Waals surface area contributed by atoms with Gasteiger partial charge in [0.25, 0.3) is 0 Å². The van der Waals surface area contributed by atoms with Crippen molar-refractivity contribution in [2.75, 3.05) is 14.2 Å². The smallest absolute Gasteiger partial charge is 0.118 e. The third kappa shape index (κ3) is 4.84. The number of hydrogen-bond donors (Lipinski definition) is 0. The van der Waals surface area contributed by atoms with Crippen molar-refractivity contribution in [3.8, 4) is 11.5 Å². The molecule has 1 aromatic heterocycles. The molecule has 0 spiro atoms. The highest BCUT2D eigenvalue weighted by Crippen LogP contribution is 2.15. The molecule has 130 valence electrons.